The molecule has 0 saturated carbocycles. The Balaban J connectivity index is 0.000000303. The summed E-state index contributed by atoms with van der Waals surface area (Å²) in [5, 5.41) is 109. The molecular weight excluding hydrogens is 1790 g/mol. The number of aliphatic carboxylic acids is 8. The zero-order valence-corrected chi connectivity index (χ0v) is 71.3. The molecule has 0 radical (unpaired) electrons. The molecule has 4 amide bonds. The first-order valence-corrected chi connectivity index (χ1v) is 40.8. The number of thiophene rings is 4. The highest BCUT2D eigenvalue weighted by Crippen LogP contribution is 2.31. The molecule has 40 nitrogen and oxygen atoms in total. The van der Waals surface area contributed by atoms with Crippen molar-refractivity contribution in [3.63, 3.8) is 0 Å². The van der Waals surface area contributed by atoms with Gasteiger partial charge >= 0.3 is 71.6 Å². The van der Waals surface area contributed by atoms with E-state index >= 15 is 0 Å². The Bertz CT molecular complexity index is 5540. The predicted octanol–water partition coefficient (Wildman–Crippen LogP) is 7.36. The second kappa shape index (κ2) is 49.7. The number of carboxylic acids is 8. The van der Waals surface area contributed by atoms with Crippen molar-refractivity contribution in [1.29, 1.82) is 21.6 Å². The highest BCUT2D eigenvalue weighted by Gasteiger charge is 2.32. The number of carbonyl (C=O) groups is 16. The van der Waals surface area contributed by atoms with E-state index < -0.39 is 180 Å². The van der Waals surface area contributed by atoms with E-state index in [0.29, 0.717) is 49.2 Å². The van der Waals surface area contributed by atoms with Crippen molar-refractivity contribution >= 4 is 176 Å². The lowest BCUT2D eigenvalue weighted by Gasteiger charge is -2.18. The molecule has 0 spiro atoms. The molecule has 0 saturated heterocycles. The molecule has 128 heavy (non-hydrogen) atoms. The molecule has 4 aromatic heterocycles. The molecule has 0 aliphatic rings. The Morgan fingerprint density at radius 1 is 0.398 bits per heavy atom. The Hall–Kier alpha value is -14.8. The maximum absolute atomic E-state index is 14.0. The van der Waals surface area contributed by atoms with Crippen molar-refractivity contribution in [3.8, 4) is 23.0 Å². The van der Waals surface area contributed by atoms with Gasteiger partial charge in [-0.15, -0.1) is 45.3 Å². The lowest BCUT2D eigenvalue weighted by atomic mass is 9.97. The average molecular weight is 1870 g/mol. The molecular formula is C81H83ClF2N12O28S4. The van der Waals surface area contributed by atoms with Crippen molar-refractivity contribution in [2.45, 2.75) is 116 Å². The minimum atomic E-state index is -1.55. The van der Waals surface area contributed by atoms with Gasteiger partial charge in [0, 0.05) is 66.4 Å². The van der Waals surface area contributed by atoms with Crippen LogP contribution in [0.5, 0.6) is 23.0 Å². The number of amides is 4. The van der Waals surface area contributed by atoms with E-state index in [-0.39, 0.29) is 97.6 Å². The summed E-state index contributed by atoms with van der Waals surface area (Å²) in [6.07, 6.45) is -1.15. The molecule has 4 heterocycles. The van der Waals surface area contributed by atoms with Gasteiger partial charge in [0.25, 0.3) is 0 Å². The van der Waals surface area contributed by atoms with Crippen molar-refractivity contribution < 1.29 is 145 Å². The number of carbonyl (C=O) groups excluding carboxylic acids is 8. The van der Waals surface area contributed by atoms with E-state index in [9.17, 15) is 85.5 Å². The van der Waals surface area contributed by atoms with Gasteiger partial charge in [0.2, 0.25) is 23.6 Å². The van der Waals surface area contributed by atoms with Crippen LogP contribution in [0.3, 0.4) is 0 Å². The lowest BCUT2D eigenvalue weighted by molar-refractivity contribution is -0.147. The fraction of sp³-hybridized carbons (Fsp3) is 0.259. The summed E-state index contributed by atoms with van der Waals surface area (Å²) in [6, 6.07) is 23.8. The Morgan fingerprint density at radius 2 is 0.750 bits per heavy atom. The molecule has 8 rings (SSSR count). The van der Waals surface area contributed by atoms with Crippen molar-refractivity contribution in [3.05, 3.63) is 205 Å². The number of nitrogens with one attached hydrogen (secondary N) is 8. The Morgan fingerprint density at radius 3 is 1.13 bits per heavy atom. The van der Waals surface area contributed by atoms with Crippen LogP contribution in [0.15, 0.2) is 127 Å². The van der Waals surface area contributed by atoms with E-state index in [0.717, 1.165) is 62.4 Å². The second-order valence-corrected chi connectivity index (χ2v) is 32.3. The van der Waals surface area contributed by atoms with E-state index in [1.807, 2.05) is 6.92 Å². The number of carboxylic acid groups (broad SMARTS) is 8. The van der Waals surface area contributed by atoms with Crippen LogP contribution in [-0.4, -0.2) is 184 Å². The number of halogens is 3. The van der Waals surface area contributed by atoms with Crippen LogP contribution in [0.25, 0.3) is 0 Å². The maximum atomic E-state index is 14.0. The Kier molecular flexibility index (Phi) is 40.3. The van der Waals surface area contributed by atoms with Gasteiger partial charge in [0.1, 0.15) is 90.1 Å². The SMILES string of the molecule is CC(Cc1ccc(C(=O)Oc2ccc(C(=N)N)c(F)c2)s1)C(=O)N[C@@H](CC(=O)O)C(=O)O.CC(Cc1ccc(C(=O)Oc2ccc(C(=N)N)cc2Cl)s1)C(=O)N[C@@H](CC(=O)O)C(=O)O.CCCC(Cc1ccc(C(=O)Oc2ccc(C(=N)N)cc2)s1)C(=O)N[C@@H](CC(=O)O)C(=O)O.N=C(N)c1ccc(OC(=O)c2ccc(CCC(=O)N[C@@H](CC(=O)O)C(=O)O)s2)c(F)c1. The first kappa shape index (κ1) is 104. The van der Waals surface area contributed by atoms with Crippen molar-refractivity contribution in [2.24, 2.45) is 40.7 Å². The topological polar surface area (TPSA) is 719 Å². The normalized spacial score (nSPS) is 12.2. The number of aryl methyl sites for hydroxylation is 1. The van der Waals surface area contributed by atoms with Crippen LogP contribution in [0.4, 0.5) is 8.78 Å². The monoisotopic (exact) mass is 1870 g/mol. The minimum absolute atomic E-state index is 0.0710. The van der Waals surface area contributed by atoms with Gasteiger partial charge < -0.3 is 104 Å². The molecule has 0 aliphatic carbocycles. The summed E-state index contributed by atoms with van der Waals surface area (Å²) in [4.78, 5) is 189. The summed E-state index contributed by atoms with van der Waals surface area (Å²) in [5.74, 6) is -21.1. The molecule has 680 valence electrons. The number of nitrogen functional groups attached to an aromatic ring is 4. The number of ether oxygens (including phenoxy) is 4. The summed E-state index contributed by atoms with van der Waals surface area (Å²) in [6.45, 7) is 4.97. The van der Waals surface area contributed by atoms with Gasteiger partial charge in [0.05, 0.1) is 36.3 Å². The van der Waals surface area contributed by atoms with Gasteiger partial charge in [-0.2, -0.15) is 0 Å². The molecule has 0 fully saturated rings. The number of amidine groups is 4. The predicted molar refractivity (Wildman–Crippen MR) is 455 cm³/mol. The summed E-state index contributed by atoms with van der Waals surface area (Å²) in [5.41, 5.74) is 22.2. The number of hydrogen-bond donors (Lipinski definition) is 20. The van der Waals surface area contributed by atoms with Gasteiger partial charge in [-0.25, -0.2) is 47.1 Å². The van der Waals surface area contributed by atoms with E-state index in [1.54, 1.807) is 49.4 Å². The number of esters is 4. The van der Waals surface area contributed by atoms with E-state index in [4.69, 9.17) is 116 Å². The number of nitrogens with two attached hydrogens (primary N) is 4. The molecule has 24 N–H and O–H groups in total. The molecule has 47 heteroatoms. The smallest absolute Gasteiger partial charge is 0.353 e. The quantitative estimate of drug-likeness (QED) is 0.00768. The maximum Gasteiger partial charge on any atom is 0.353 e. The van der Waals surface area contributed by atoms with Crippen LogP contribution in [-0.2, 0) is 83.2 Å². The van der Waals surface area contributed by atoms with Gasteiger partial charge in [-0.05, 0) is 153 Å². The number of hydrogen-bond acceptors (Lipinski definition) is 28. The zero-order valence-electron chi connectivity index (χ0n) is 67.3. The third kappa shape index (κ3) is 34.4. The van der Waals surface area contributed by atoms with Crippen molar-refractivity contribution in [2.75, 3.05) is 0 Å². The minimum Gasteiger partial charge on any atom is -0.481 e. The largest absolute Gasteiger partial charge is 0.481 e. The van der Waals surface area contributed by atoms with Crippen LogP contribution >= 0.6 is 56.9 Å². The molecule has 7 atom stereocenters. The van der Waals surface area contributed by atoms with Crippen molar-refractivity contribution in [1.82, 2.24) is 21.3 Å². The number of rotatable bonds is 42. The average Bonchev–Trinajstić information content (AvgIpc) is 1.55. The summed E-state index contributed by atoms with van der Waals surface area (Å²) in [7, 11) is 0. The highest BCUT2D eigenvalue weighted by atomic mass is 35.5. The lowest BCUT2D eigenvalue weighted by Crippen LogP contribution is -2.45. The van der Waals surface area contributed by atoms with Crippen LogP contribution < -0.4 is 63.1 Å². The molecule has 0 aliphatic heterocycles. The van der Waals surface area contributed by atoms with E-state index in [1.165, 1.54) is 79.7 Å². The standard InChI is InChI=1S/C22H25N3O7S.C20H20ClN3O7S.C20H20FN3O7S.C19H18FN3O7S/c1-2-3-13(20(28)25-16(21(29)30)11-18(26)27)10-15-8-9-17(33-15)22(31)32-14-6-4-12(5-7-14)19(23)24;1-9(18(27)24-13(19(28)29)8-16(25)26)6-11-3-5-15(32-11)20(30)31-14-4-2-10(17(22)23)7-12(14)21;1-9(18(27)24-14(19(28)29)8-16(25)26)6-11-3-5-15(32-11)20(30)31-10-2-4-12(17(22)23)13(21)7-10;20-11-7-9(17(21)22)1-4-13(11)30-19(29)14-5-2-10(31-14)3-6-15(24)23-12(18(27)28)8-16(25)26/h4-9,13,16H,2-3,10-11H2,1H3,(H3,23,24)(H,25,28)(H,26,27)(H,29,30);2-5,7,9,13H,6,8H2,1H3,(H3,22,23)(H,24,27)(H,25,26)(H,28,29);2-5,7,9,14H,6,8H2,1H3,(H3,22,23)(H,24,27)(H,25,26)(H,28,29);1-2,4-5,7,12H,3,6,8H2,(H3,21,22)(H,23,24)(H,25,26)(H,27,28)/t13?,16-;9?,13-;9?,14-;12-/m0000/s1. The molecule has 8 aromatic rings. The van der Waals surface area contributed by atoms with Gasteiger partial charge in [0.15, 0.2) is 11.6 Å². The highest BCUT2D eigenvalue weighted by molar-refractivity contribution is 7.15. The first-order chi connectivity index (χ1) is 60.1. The summed E-state index contributed by atoms with van der Waals surface area (Å²) >= 11 is 10.4. The van der Waals surface area contributed by atoms with Crippen LogP contribution in [0.1, 0.15) is 146 Å². The number of benzene rings is 4. The molecule has 4 aromatic carbocycles. The van der Waals surface area contributed by atoms with E-state index in [2.05, 4.69) is 21.3 Å². The molecule has 0 bridgehead atoms. The first-order valence-electron chi connectivity index (χ1n) is 37.2. The fourth-order valence-electron chi connectivity index (χ4n) is 10.6. The third-order valence-corrected chi connectivity index (χ3v) is 21.8. The third-order valence-electron chi connectivity index (χ3n) is 17.1. The van der Waals surface area contributed by atoms with Gasteiger partial charge in [-0.3, -0.25) is 60.0 Å². The Labute approximate surface area is 744 Å². The van der Waals surface area contributed by atoms with Crippen LogP contribution in [0, 0.1) is 51.0 Å². The second-order valence-electron chi connectivity index (χ2n) is 27.2. The van der Waals surface area contributed by atoms with Crippen LogP contribution in [0.2, 0.25) is 5.02 Å². The fourth-order valence-corrected chi connectivity index (χ4v) is 14.7. The molecule has 3 unspecified atom stereocenters. The summed E-state index contributed by atoms with van der Waals surface area (Å²) < 4.78 is 48.6. The van der Waals surface area contributed by atoms with Gasteiger partial charge in [-0.1, -0.05) is 38.8 Å². The zero-order chi connectivity index (χ0) is 95.7.